The maximum atomic E-state index is 12.3. The van der Waals surface area contributed by atoms with E-state index in [9.17, 15) is 4.79 Å². The van der Waals surface area contributed by atoms with Gasteiger partial charge in [-0.15, -0.1) is 0 Å². The van der Waals surface area contributed by atoms with Crippen LogP contribution in [0.4, 0.5) is 11.4 Å². The lowest BCUT2D eigenvalue weighted by Crippen LogP contribution is -2.07. The summed E-state index contributed by atoms with van der Waals surface area (Å²) in [4.78, 5) is 12.3. The Hall–Kier alpha value is -4.39. The van der Waals surface area contributed by atoms with Gasteiger partial charge in [-0.2, -0.15) is 0 Å². The molecule has 0 saturated heterocycles. The SMILES string of the molecule is COc1ccc(/C=C/C(=O)Nc2ccc(/C=C/c3cc(OC)c(OC)c(OC)c3)cc2)cc1N. The van der Waals surface area contributed by atoms with Gasteiger partial charge in [-0.3, -0.25) is 4.79 Å². The molecule has 0 aliphatic heterocycles. The van der Waals surface area contributed by atoms with E-state index in [-0.39, 0.29) is 5.91 Å². The number of carbonyl (C=O) groups is 1. The van der Waals surface area contributed by atoms with Gasteiger partial charge in [0.15, 0.2) is 11.5 Å². The number of carbonyl (C=O) groups excluding carboxylic acids is 1. The summed E-state index contributed by atoms with van der Waals surface area (Å²) < 4.78 is 21.3. The number of nitrogens with one attached hydrogen (secondary N) is 1. The summed E-state index contributed by atoms with van der Waals surface area (Å²) in [5.41, 5.74) is 9.77. The Morgan fingerprint density at radius 2 is 1.29 bits per heavy atom. The first-order valence-corrected chi connectivity index (χ1v) is 10.5. The third-order valence-electron chi connectivity index (χ3n) is 5.01. The summed E-state index contributed by atoms with van der Waals surface area (Å²) in [5, 5.41) is 2.84. The van der Waals surface area contributed by atoms with Crippen molar-refractivity contribution < 1.29 is 23.7 Å². The Kier molecular flexibility index (Phi) is 8.18. The molecule has 3 aromatic rings. The van der Waals surface area contributed by atoms with Crippen molar-refractivity contribution in [2.24, 2.45) is 0 Å². The molecule has 0 aliphatic rings. The van der Waals surface area contributed by atoms with Crippen molar-refractivity contribution in [2.75, 3.05) is 39.5 Å². The van der Waals surface area contributed by atoms with Crippen LogP contribution in [0.15, 0.2) is 60.7 Å². The smallest absolute Gasteiger partial charge is 0.248 e. The van der Waals surface area contributed by atoms with E-state index in [0.29, 0.717) is 34.4 Å². The van der Waals surface area contributed by atoms with Crippen molar-refractivity contribution >= 4 is 35.5 Å². The fourth-order valence-electron chi connectivity index (χ4n) is 3.28. The van der Waals surface area contributed by atoms with Gasteiger partial charge in [0.05, 0.1) is 34.1 Å². The van der Waals surface area contributed by atoms with Crippen LogP contribution in [0.1, 0.15) is 16.7 Å². The summed E-state index contributed by atoms with van der Waals surface area (Å²) in [6.07, 6.45) is 7.06. The lowest BCUT2D eigenvalue weighted by molar-refractivity contribution is -0.111. The van der Waals surface area contributed by atoms with Crippen molar-refractivity contribution in [3.8, 4) is 23.0 Å². The van der Waals surface area contributed by atoms with Crippen LogP contribution >= 0.6 is 0 Å². The highest BCUT2D eigenvalue weighted by Gasteiger charge is 2.12. The number of rotatable bonds is 9. The molecule has 0 aromatic heterocycles. The monoisotopic (exact) mass is 460 g/mol. The van der Waals surface area contributed by atoms with Crippen molar-refractivity contribution in [3.63, 3.8) is 0 Å². The zero-order valence-corrected chi connectivity index (χ0v) is 19.6. The molecule has 3 rings (SSSR count). The number of ether oxygens (including phenoxy) is 4. The van der Waals surface area contributed by atoms with Crippen LogP contribution in [0.2, 0.25) is 0 Å². The summed E-state index contributed by atoms with van der Waals surface area (Å²) in [7, 11) is 6.29. The van der Waals surface area contributed by atoms with Crippen LogP contribution in [0.5, 0.6) is 23.0 Å². The van der Waals surface area contributed by atoms with Crippen LogP contribution in [0.25, 0.3) is 18.2 Å². The molecule has 0 saturated carbocycles. The number of anilines is 2. The van der Waals surface area contributed by atoms with Gasteiger partial charge in [0.1, 0.15) is 5.75 Å². The second kappa shape index (κ2) is 11.5. The van der Waals surface area contributed by atoms with E-state index >= 15 is 0 Å². The van der Waals surface area contributed by atoms with Crippen molar-refractivity contribution in [2.45, 2.75) is 0 Å². The van der Waals surface area contributed by atoms with Gasteiger partial charge in [-0.1, -0.05) is 30.4 Å². The molecule has 3 N–H and O–H groups in total. The average molecular weight is 461 g/mol. The van der Waals surface area contributed by atoms with Crippen LogP contribution < -0.4 is 30.0 Å². The van der Waals surface area contributed by atoms with Crippen molar-refractivity contribution in [1.29, 1.82) is 0 Å². The van der Waals surface area contributed by atoms with E-state index in [2.05, 4.69) is 5.32 Å². The van der Waals surface area contributed by atoms with Gasteiger partial charge in [0, 0.05) is 11.8 Å². The average Bonchev–Trinajstić information content (AvgIpc) is 2.86. The second-order valence-electron chi connectivity index (χ2n) is 7.24. The zero-order valence-electron chi connectivity index (χ0n) is 19.6. The molecule has 1 amide bonds. The fourth-order valence-corrected chi connectivity index (χ4v) is 3.28. The fraction of sp³-hybridized carbons (Fsp3) is 0.148. The summed E-state index contributed by atoms with van der Waals surface area (Å²) in [6, 6.07) is 16.6. The number of hydrogen-bond acceptors (Lipinski definition) is 6. The van der Waals surface area contributed by atoms with Crippen LogP contribution in [0.3, 0.4) is 0 Å². The number of benzene rings is 3. The Bertz CT molecular complexity index is 1180. The predicted molar refractivity (Wildman–Crippen MR) is 137 cm³/mol. The molecular formula is C27H28N2O5. The quantitative estimate of drug-likeness (QED) is 0.261. The minimum absolute atomic E-state index is 0.241. The van der Waals surface area contributed by atoms with E-state index in [0.717, 1.165) is 16.7 Å². The molecule has 0 spiro atoms. The highest BCUT2D eigenvalue weighted by Crippen LogP contribution is 2.38. The summed E-state index contributed by atoms with van der Waals surface area (Å²) >= 11 is 0. The van der Waals surface area contributed by atoms with Crippen molar-refractivity contribution in [1.82, 2.24) is 0 Å². The van der Waals surface area contributed by atoms with E-state index in [1.54, 1.807) is 46.6 Å². The molecule has 0 atom stereocenters. The van der Waals surface area contributed by atoms with Gasteiger partial charge in [-0.25, -0.2) is 0 Å². The molecule has 0 unspecified atom stereocenters. The second-order valence-corrected chi connectivity index (χ2v) is 7.24. The minimum atomic E-state index is -0.241. The normalized spacial score (nSPS) is 10.9. The maximum Gasteiger partial charge on any atom is 0.248 e. The zero-order chi connectivity index (χ0) is 24.5. The Balaban J connectivity index is 1.64. The molecule has 0 aliphatic carbocycles. The standard InChI is InChI=1S/C27H28N2O5/c1-31-23-13-9-19(15-22(23)28)10-14-26(30)29-21-11-7-18(8-12-21)5-6-20-16-24(32-2)27(34-4)25(17-20)33-3/h5-17H,28H2,1-4H3,(H,29,30)/b6-5+,14-10+. The third-order valence-corrected chi connectivity index (χ3v) is 5.01. The van der Waals surface area contributed by atoms with Crippen LogP contribution in [-0.2, 0) is 4.79 Å². The van der Waals surface area contributed by atoms with Gasteiger partial charge >= 0.3 is 0 Å². The topological polar surface area (TPSA) is 92.0 Å². The lowest BCUT2D eigenvalue weighted by atomic mass is 10.1. The highest BCUT2D eigenvalue weighted by atomic mass is 16.5. The van der Waals surface area contributed by atoms with Gasteiger partial charge in [-0.05, 0) is 59.2 Å². The molecule has 0 heterocycles. The van der Waals surface area contributed by atoms with E-state index in [1.165, 1.54) is 6.08 Å². The van der Waals surface area contributed by atoms with Crippen molar-refractivity contribution in [3.05, 3.63) is 77.4 Å². The predicted octanol–water partition coefficient (Wildman–Crippen LogP) is 5.13. The van der Waals surface area contributed by atoms with Crippen LogP contribution in [-0.4, -0.2) is 34.3 Å². The largest absolute Gasteiger partial charge is 0.495 e. The third kappa shape index (κ3) is 6.10. The molecule has 0 fully saturated rings. The van der Waals surface area contributed by atoms with E-state index in [4.69, 9.17) is 24.7 Å². The molecule has 34 heavy (non-hydrogen) atoms. The van der Waals surface area contributed by atoms with Crippen LogP contribution in [0, 0.1) is 0 Å². The Labute approximate surface area is 199 Å². The molecule has 7 nitrogen and oxygen atoms in total. The number of nitrogens with two attached hydrogens (primary N) is 1. The molecule has 3 aromatic carbocycles. The number of nitrogen functional groups attached to an aromatic ring is 1. The minimum Gasteiger partial charge on any atom is -0.495 e. The first kappa shape index (κ1) is 24.3. The molecule has 7 heteroatoms. The van der Waals surface area contributed by atoms with Gasteiger partial charge < -0.3 is 30.0 Å². The van der Waals surface area contributed by atoms with Gasteiger partial charge in [0.25, 0.3) is 0 Å². The summed E-state index contributed by atoms with van der Waals surface area (Å²) in [5.74, 6) is 2.08. The summed E-state index contributed by atoms with van der Waals surface area (Å²) in [6.45, 7) is 0. The first-order chi connectivity index (χ1) is 16.5. The number of methoxy groups -OCH3 is 4. The van der Waals surface area contributed by atoms with E-state index in [1.807, 2.05) is 54.6 Å². The maximum absolute atomic E-state index is 12.3. The Morgan fingerprint density at radius 1 is 0.706 bits per heavy atom. The molecular weight excluding hydrogens is 432 g/mol. The molecule has 0 radical (unpaired) electrons. The molecule has 0 bridgehead atoms. The number of amides is 1. The first-order valence-electron chi connectivity index (χ1n) is 10.5. The van der Waals surface area contributed by atoms with Gasteiger partial charge in [0.2, 0.25) is 11.7 Å². The highest BCUT2D eigenvalue weighted by molar-refractivity contribution is 6.02. The van der Waals surface area contributed by atoms with E-state index < -0.39 is 0 Å². The Morgan fingerprint density at radius 3 is 1.85 bits per heavy atom. The number of hydrogen-bond donors (Lipinski definition) is 2. The molecule has 176 valence electrons. The lowest BCUT2D eigenvalue weighted by Gasteiger charge is -2.12.